The van der Waals surface area contributed by atoms with Crippen LogP contribution < -0.4 is 9.47 Å². The smallest absolute Gasteiger partial charge is 0.311 e. The van der Waals surface area contributed by atoms with Gasteiger partial charge in [-0.2, -0.15) is 0 Å². The first kappa shape index (κ1) is 25.7. The lowest BCUT2D eigenvalue weighted by Gasteiger charge is -2.06. The van der Waals surface area contributed by atoms with Gasteiger partial charge in [-0.15, -0.1) is 0 Å². The van der Waals surface area contributed by atoms with Gasteiger partial charge in [-0.25, -0.2) is 9.98 Å². The summed E-state index contributed by atoms with van der Waals surface area (Å²) in [6.07, 6.45) is 11.4. The standard InChI is InChI=1S/C27H34N2O4S/c1-3-5-6-7-8-9-10-11-12-26(31)33-22-14-13-20(24(30)17-22)19-28-27-29-23-16-15-21(32-4-2)18-25(23)34-27/h13-19,30H,3-12H2,1-2H3/b28-19+. The van der Waals surface area contributed by atoms with E-state index < -0.39 is 0 Å². The zero-order chi connectivity index (χ0) is 24.2. The Hall–Kier alpha value is -2.93. The highest BCUT2D eigenvalue weighted by molar-refractivity contribution is 7.22. The number of benzene rings is 2. The number of nitrogens with zero attached hydrogens (tertiary/aromatic N) is 2. The average Bonchev–Trinajstić information content (AvgIpc) is 3.23. The van der Waals surface area contributed by atoms with E-state index >= 15 is 0 Å². The van der Waals surface area contributed by atoms with Crippen molar-refractivity contribution in [3.05, 3.63) is 42.0 Å². The predicted molar refractivity (Wildman–Crippen MR) is 139 cm³/mol. The van der Waals surface area contributed by atoms with E-state index in [-0.39, 0.29) is 11.7 Å². The molecule has 7 heteroatoms. The van der Waals surface area contributed by atoms with Gasteiger partial charge in [0.05, 0.1) is 16.8 Å². The second-order valence-electron chi connectivity index (χ2n) is 8.24. The van der Waals surface area contributed by atoms with E-state index in [1.807, 2.05) is 25.1 Å². The largest absolute Gasteiger partial charge is 0.507 e. The van der Waals surface area contributed by atoms with Crippen molar-refractivity contribution in [3.63, 3.8) is 0 Å². The molecule has 0 saturated carbocycles. The molecule has 0 unspecified atom stereocenters. The molecule has 0 bridgehead atoms. The minimum atomic E-state index is -0.271. The van der Waals surface area contributed by atoms with Crippen molar-refractivity contribution in [2.24, 2.45) is 4.99 Å². The molecule has 0 aliphatic heterocycles. The molecule has 0 radical (unpaired) electrons. The van der Waals surface area contributed by atoms with Crippen LogP contribution in [0.1, 0.15) is 77.2 Å². The van der Waals surface area contributed by atoms with Gasteiger partial charge < -0.3 is 14.6 Å². The Morgan fingerprint density at radius 2 is 1.74 bits per heavy atom. The van der Waals surface area contributed by atoms with Crippen molar-refractivity contribution in [1.29, 1.82) is 0 Å². The molecule has 0 aliphatic rings. The first-order valence-corrected chi connectivity index (χ1v) is 13.0. The molecule has 1 N–H and O–H groups in total. The Kier molecular flexibility index (Phi) is 10.3. The summed E-state index contributed by atoms with van der Waals surface area (Å²) in [5.74, 6) is 0.871. The third-order valence-electron chi connectivity index (χ3n) is 5.44. The van der Waals surface area contributed by atoms with Crippen LogP contribution in [0.25, 0.3) is 10.2 Å². The second kappa shape index (κ2) is 13.7. The van der Waals surface area contributed by atoms with E-state index in [0.717, 1.165) is 35.2 Å². The number of carbonyl (C=O) groups is 1. The number of esters is 1. The minimum absolute atomic E-state index is 0.000808. The van der Waals surface area contributed by atoms with Gasteiger partial charge in [-0.3, -0.25) is 4.79 Å². The van der Waals surface area contributed by atoms with Crippen molar-refractivity contribution in [1.82, 2.24) is 4.98 Å². The van der Waals surface area contributed by atoms with Gasteiger partial charge in [0.25, 0.3) is 0 Å². The van der Waals surface area contributed by atoms with Crippen LogP contribution in [-0.4, -0.2) is 28.9 Å². The van der Waals surface area contributed by atoms with E-state index in [2.05, 4.69) is 16.9 Å². The van der Waals surface area contributed by atoms with Crippen LogP contribution >= 0.6 is 11.3 Å². The topological polar surface area (TPSA) is 81.0 Å². The van der Waals surface area contributed by atoms with Crippen LogP contribution in [0.2, 0.25) is 0 Å². The maximum atomic E-state index is 12.1. The van der Waals surface area contributed by atoms with Crippen molar-refractivity contribution in [3.8, 4) is 17.2 Å². The summed E-state index contributed by atoms with van der Waals surface area (Å²) in [4.78, 5) is 21.0. The summed E-state index contributed by atoms with van der Waals surface area (Å²) in [6.45, 7) is 4.77. The molecule has 182 valence electrons. The summed E-state index contributed by atoms with van der Waals surface area (Å²) in [6, 6.07) is 10.5. The van der Waals surface area contributed by atoms with Crippen LogP contribution in [0.5, 0.6) is 17.2 Å². The third kappa shape index (κ3) is 8.13. The number of thiazole rings is 1. The van der Waals surface area contributed by atoms with E-state index in [9.17, 15) is 9.90 Å². The Morgan fingerprint density at radius 3 is 2.47 bits per heavy atom. The Morgan fingerprint density at radius 1 is 1.00 bits per heavy atom. The molecular formula is C27H34N2O4S. The molecule has 34 heavy (non-hydrogen) atoms. The number of ether oxygens (including phenoxy) is 2. The summed E-state index contributed by atoms with van der Waals surface area (Å²) in [5.41, 5.74) is 1.38. The zero-order valence-electron chi connectivity index (χ0n) is 20.1. The van der Waals surface area contributed by atoms with Crippen molar-refractivity contribution < 1.29 is 19.4 Å². The first-order valence-electron chi connectivity index (χ1n) is 12.2. The van der Waals surface area contributed by atoms with Gasteiger partial charge in [0.1, 0.15) is 17.2 Å². The van der Waals surface area contributed by atoms with Crippen LogP contribution in [0.15, 0.2) is 41.4 Å². The summed E-state index contributed by atoms with van der Waals surface area (Å²) >= 11 is 1.45. The number of hydrogen-bond donors (Lipinski definition) is 1. The van der Waals surface area contributed by atoms with Gasteiger partial charge in [-0.1, -0.05) is 63.2 Å². The summed E-state index contributed by atoms with van der Waals surface area (Å²) in [5, 5.41) is 10.9. The molecule has 0 saturated heterocycles. The molecule has 1 heterocycles. The van der Waals surface area contributed by atoms with Gasteiger partial charge in [-0.05, 0) is 43.7 Å². The summed E-state index contributed by atoms with van der Waals surface area (Å²) in [7, 11) is 0. The van der Waals surface area contributed by atoms with Gasteiger partial charge in [0.2, 0.25) is 5.13 Å². The number of phenolic OH excluding ortho intramolecular Hbond substituents is 1. The molecule has 3 aromatic rings. The van der Waals surface area contributed by atoms with Gasteiger partial charge in [0, 0.05) is 24.3 Å². The number of hydrogen-bond acceptors (Lipinski definition) is 7. The number of carbonyl (C=O) groups excluding carboxylic acids is 1. The number of aliphatic imine (C=N–C) groups is 1. The molecule has 0 atom stereocenters. The fourth-order valence-electron chi connectivity index (χ4n) is 3.61. The van der Waals surface area contributed by atoms with Gasteiger partial charge >= 0.3 is 5.97 Å². The molecular weight excluding hydrogens is 448 g/mol. The Bertz CT molecular complexity index is 1090. The average molecular weight is 483 g/mol. The number of fused-ring (bicyclic) bond motifs is 1. The molecule has 0 aliphatic carbocycles. The van der Waals surface area contributed by atoms with Crippen LogP contribution in [0, 0.1) is 0 Å². The first-order chi connectivity index (χ1) is 16.6. The number of rotatable bonds is 14. The highest BCUT2D eigenvalue weighted by Crippen LogP contribution is 2.31. The summed E-state index contributed by atoms with van der Waals surface area (Å²) < 4.78 is 11.9. The minimum Gasteiger partial charge on any atom is -0.507 e. The fraction of sp³-hybridized carbons (Fsp3) is 0.444. The number of unbranched alkanes of at least 4 members (excludes halogenated alkanes) is 7. The van der Waals surface area contributed by atoms with Crippen molar-refractivity contribution in [2.45, 2.75) is 71.6 Å². The number of aromatic nitrogens is 1. The van der Waals surface area contributed by atoms with Crippen molar-refractivity contribution in [2.75, 3.05) is 6.61 Å². The van der Waals surface area contributed by atoms with E-state index in [1.54, 1.807) is 18.3 Å². The highest BCUT2D eigenvalue weighted by Gasteiger charge is 2.08. The Balaban J connectivity index is 1.47. The van der Waals surface area contributed by atoms with Crippen LogP contribution in [0.4, 0.5) is 5.13 Å². The molecule has 0 amide bonds. The van der Waals surface area contributed by atoms with Crippen LogP contribution in [0.3, 0.4) is 0 Å². The van der Waals surface area contributed by atoms with E-state index in [1.165, 1.54) is 49.5 Å². The molecule has 0 fully saturated rings. The normalized spacial score (nSPS) is 11.4. The van der Waals surface area contributed by atoms with Crippen LogP contribution in [-0.2, 0) is 4.79 Å². The lowest BCUT2D eigenvalue weighted by atomic mass is 10.1. The maximum absolute atomic E-state index is 12.1. The lowest BCUT2D eigenvalue weighted by Crippen LogP contribution is -2.07. The van der Waals surface area contributed by atoms with Gasteiger partial charge in [0.15, 0.2) is 0 Å². The Labute approximate surface area is 205 Å². The quantitative estimate of drug-likeness (QED) is 0.111. The molecule has 6 nitrogen and oxygen atoms in total. The number of aromatic hydroxyl groups is 1. The van der Waals surface area contributed by atoms with E-state index in [4.69, 9.17) is 9.47 Å². The number of phenols is 1. The predicted octanol–water partition coefficient (Wildman–Crippen LogP) is 7.59. The maximum Gasteiger partial charge on any atom is 0.311 e. The lowest BCUT2D eigenvalue weighted by molar-refractivity contribution is -0.134. The molecule has 1 aromatic heterocycles. The molecule has 0 spiro atoms. The highest BCUT2D eigenvalue weighted by atomic mass is 32.1. The monoisotopic (exact) mass is 482 g/mol. The zero-order valence-corrected chi connectivity index (χ0v) is 20.9. The second-order valence-corrected chi connectivity index (χ2v) is 9.25. The van der Waals surface area contributed by atoms with E-state index in [0.29, 0.717) is 29.5 Å². The molecule has 3 rings (SSSR count). The third-order valence-corrected chi connectivity index (χ3v) is 6.37. The SMILES string of the molecule is CCCCCCCCCCC(=O)Oc1ccc(/C=N/c2nc3ccc(OCC)cc3s2)c(O)c1. The van der Waals surface area contributed by atoms with Crippen molar-refractivity contribution >= 4 is 38.9 Å². The molecule has 2 aromatic carbocycles. The fourth-order valence-corrected chi connectivity index (χ4v) is 4.45.